The first-order valence-corrected chi connectivity index (χ1v) is 7.11. The van der Waals surface area contributed by atoms with Crippen molar-refractivity contribution in [3.8, 4) is 5.75 Å². The van der Waals surface area contributed by atoms with Gasteiger partial charge in [0.25, 0.3) is 0 Å². The lowest BCUT2D eigenvalue weighted by molar-refractivity contribution is 0.0421. The van der Waals surface area contributed by atoms with Gasteiger partial charge >= 0.3 is 6.09 Å². The monoisotopic (exact) mass is 320 g/mol. The first kappa shape index (κ1) is 16.6. The van der Waals surface area contributed by atoms with Crippen molar-refractivity contribution in [3.05, 3.63) is 41.7 Å². The quantitative estimate of drug-likeness (QED) is 0.541. The van der Waals surface area contributed by atoms with E-state index in [1.165, 1.54) is 6.21 Å². The second kappa shape index (κ2) is 7.50. The van der Waals surface area contributed by atoms with Crippen molar-refractivity contribution < 1.29 is 19.8 Å². The van der Waals surface area contributed by atoms with E-state index in [2.05, 4.69) is 5.16 Å². The first-order valence-electron chi connectivity index (χ1n) is 7.11. The maximum Gasteiger partial charge on any atom is 0.412 e. The number of oxime groups is 1. The van der Waals surface area contributed by atoms with E-state index in [1.54, 1.807) is 35.4 Å². The number of rotatable bonds is 6. The second-order valence-electron chi connectivity index (χ2n) is 5.29. The van der Waals surface area contributed by atoms with Crippen molar-refractivity contribution in [1.82, 2.24) is 9.80 Å². The van der Waals surface area contributed by atoms with E-state index in [0.29, 0.717) is 12.0 Å². The average molecular weight is 320 g/mol. The molecule has 0 fully saturated rings. The first-order chi connectivity index (χ1) is 11.0. The molecule has 8 heteroatoms. The van der Waals surface area contributed by atoms with Crippen molar-refractivity contribution >= 4 is 12.3 Å². The van der Waals surface area contributed by atoms with Gasteiger partial charge in [-0.15, -0.1) is 0 Å². The van der Waals surface area contributed by atoms with Crippen LogP contribution in [0.4, 0.5) is 4.79 Å². The zero-order chi connectivity index (χ0) is 16.8. The van der Waals surface area contributed by atoms with E-state index in [-0.39, 0.29) is 25.2 Å². The van der Waals surface area contributed by atoms with Gasteiger partial charge in [0.05, 0.1) is 6.21 Å². The zero-order valence-corrected chi connectivity index (χ0v) is 12.8. The highest BCUT2D eigenvalue weighted by Gasteiger charge is 2.25. The molecule has 124 valence electrons. The van der Waals surface area contributed by atoms with Crippen LogP contribution in [0.15, 0.2) is 41.3 Å². The van der Waals surface area contributed by atoms with E-state index < -0.39 is 6.09 Å². The summed E-state index contributed by atoms with van der Waals surface area (Å²) in [5, 5.41) is 22.5. The molecule has 1 aromatic carbocycles. The number of aromatic hydroxyl groups is 1. The maximum atomic E-state index is 11.1. The van der Waals surface area contributed by atoms with Gasteiger partial charge in [-0.3, -0.25) is 4.90 Å². The van der Waals surface area contributed by atoms with E-state index in [4.69, 9.17) is 15.7 Å². The van der Waals surface area contributed by atoms with E-state index >= 15 is 0 Å². The molecule has 0 aromatic heterocycles. The Morgan fingerprint density at radius 3 is 2.91 bits per heavy atom. The molecule has 1 aliphatic rings. The third kappa shape index (κ3) is 4.62. The molecule has 2 rings (SSSR count). The highest BCUT2D eigenvalue weighted by Crippen LogP contribution is 2.20. The third-order valence-electron chi connectivity index (χ3n) is 3.23. The van der Waals surface area contributed by atoms with E-state index in [0.717, 1.165) is 10.6 Å². The van der Waals surface area contributed by atoms with Gasteiger partial charge in [0.2, 0.25) is 0 Å². The van der Waals surface area contributed by atoms with Crippen LogP contribution in [0, 0.1) is 0 Å². The predicted octanol–water partition coefficient (Wildman–Crippen LogP) is 1.53. The number of benzene rings is 1. The largest absolute Gasteiger partial charge is 0.507 e. The Labute approximate surface area is 134 Å². The standard InChI is InChI=1S/C15H20N4O4/c1-11(16)6-13-8-18(15(21)22)9-19(13)10-23-17-7-12-4-2-3-5-14(12)20/h2-5,7-8,11,20H,6,9-10,16H2,1H3,(H,21,22)/t11-/m1/s1. The molecule has 0 bridgehead atoms. The highest BCUT2D eigenvalue weighted by atomic mass is 16.6. The number of carbonyl (C=O) groups is 1. The Morgan fingerprint density at radius 1 is 1.52 bits per heavy atom. The number of nitrogens with two attached hydrogens (primary N) is 1. The molecule has 1 atom stereocenters. The number of phenolic OH excluding ortho intramolecular Hbond substituents is 1. The van der Waals surface area contributed by atoms with Crippen LogP contribution in [0.1, 0.15) is 18.9 Å². The van der Waals surface area contributed by atoms with Gasteiger partial charge in [0.1, 0.15) is 12.4 Å². The topological polar surface area (TPSA) is 112 Å². The molecule has 1 aliphatic heterocycles. The Bertz CT molecular complexity index is 615. The zero-order valence-electron chi connectivity index (χ0n) is 12.8. The summed E-state index contributed by atoms with van der Waals surface area (Å²) in [6, 6.07) is 6.64. The van der Waals surface area contributed by atoms with Gasteiger partial charge in [-0.25, -0.2) is 4.79 Å². The SMILES string of the molecule is C[C@@H](N)CC1=CN(C(=O)O)CN1CON=Cc1ccccc1O. The van der Waals surface area contributed by atoms with E-state index in [9.17, 15) is 9.90 Å². The number of carboxylic acid groups (broad SMARTS) is 1. The molecule has 0 unspecified atom stereocenters. The number of hydrogen-bond acceptors (Lipinski definition) is 6. The normalized spacial score (nSPS) is 15.8. The maximum absolute atomic E-state index is 11.1. The second-order valence-corrected chi connectivity index (χ2v) is 5.29. The summed E-state index contributed by atoms with van der Waals surface area (Å²) in [5.74, 6) is 0.107. The number of para-hydroxylation sites is 1. The molecule has 1 heterocycles. The average Bonchev–Trinajstić information content (AvgIpc) is 2.88. The molecule has 8 nitrogen and oxygen atoms in total. The van der Waals surface area contributed by atoms with Crippen LogP contribution >= 0.6 is 0 Å². The minimum atomic E-state index is -1.03. The van der Waals surface area contributed by atoms with E-state index in [1.807, 2.05) is 6.92 Å². The van der Waals surface area contributed by atoms with Crippen molar-refractivity contribution in [2.24, 2.45) is 10.9 Å². The Kier molecular flexibility index (Phi) is 5.42. The van der Waals surface area contributed by atoms with Gasteiger partial charge in [0, 0.05) is 29.9 Å². The van der Waals surface area contributed by atoms with Gasteiger partial charge in [-0.2, -0.15) is 0 Å². The van der Waals surface area contributed by atoms with Crippen LogP contribution in [0.2, 0.25) is 0 Å². The van der Waals surface area contributed by atoms with Gasteiger partial charge in [-0.1, -0.05) is 17.3 Å². The smallest absolute Gasteiger partial charge is 0.412 e. The van der Waals surface area contributed by atoms with Crippen molar-refractivity contribution in [3.63, 3.8) is 0 Å². The van der Waals surface area contributed by atoms with Crippen molar-refractivity contribution in [1.29, 1.82) is 0 Å². The van der Waals surface area contributed by atoms with Gasteiger partial charge in [0.15, 0.2) is 6.73 Å². The van der Waals surface area contributed by atoms with Crippen LogP contribution < -0.4 is 5.73 Å². The minimum absolute atomic E-state index is 0.0897. The predicted molar refractivity (Wildman–Crippen MR) is 84.6 cm³/mol. The molecule has 0 aliphatic carbocycles. The highest BCUT2D eigenvalue weighted by molar-refractivity contribution is 5.82. The molecule has 23 heavy (non-hydrogen) atoms. The summed E-state index contributed by atoms with van der Waals surface area (Å²) in [5.41, 5.74) is 7.08. The molecular formula is C15H20N4O4. The lowest BCUT2D eigenvalue weighted by Crippen LogP contribution is -2.32. The summed E-state index contributed by atoms with van der Waals surface area (Å²) in [6.07, 6.45) is 2.44. The number of nitrogens with zero attached hydrogens (tertiary/aromatic N) is 3. The molecule has 0 spiro atoms. The summed E-state index contributed by atoms with van der Waals surface area (Å²) in [4.78, 5) is 19.2. The third-order valence-corrected chi connectivity index (χ3v) is 3.23. The van der Waals surface area contributed by atoms with Crippen LogP contribution in [-0.4, -0.2) is 51.8 Å². The van der Waals surface area contributed by atoms with Gasteiger partial charge < -0.3 is 25.7 Å². The molecule has 1 aromatic rings. The summed E-state index contributed by atoms with van der Waals surface area (Å²) in [6.45, 7) is 2.11. The number of amides is 1. The van der Waals surface area contributed by atoms with Crippen LogP contribution in [0.25, 0.3) is 0 Å². The Balaban J connectivity index is 1.92. The fourth-order valence-corrected chi connectivity index (χ4v) is 2.12. The summed E-state index contributed by atoms with van der Waals surface area (Å²) in [7, 11) is 0. The van der Waals surface area contributed by atoms with Crippen molar-refractivity contribution in [2.75, 3.05) is 13.4 Å². The molecule has 0 saturated carbocycles. The Hall–Kier alpha value is -2.74. The molecule has 1 amide bonds. The number of phenols is 1. The molecule has 4 N–H and O–H groups in total. The minimum Gasteiger partial charge on any atom is -0.507 e. The van der Waals surface area contributed by atoms with Gasteiger partial charge in [-0.05, 0) is 19.1 Å². The number of hydrogen-bond donors (Lipinski definition) is 3. The van der Waals surface area contributed by atoms with Crippen LogP contribution in [-0.2, 0) is 4.84 Å². The summed E-state index contributed by atoms with van der Waals surface area (Å²) < 4.78 is 0. The van der Waals surface area contributed by atoms with Crippen LogP contribution in [0.3, 0.4) is 0 Å². The fourth-order valence-electron chi connectivity index (χ4n) is 2.12. The molecule has 0 saturated heterocycles. The van der Waals surface area contributed by atoms with Crippen LogP contribution in [0.5, 0.6) is 5.75 Å². The lowest BCUT2D eigenvalue weighted by Gasteiger charge is -2.21. The molecule has 0 radical (unpaired) electrons. The Morgan fingerprint density at radius 2 is 2.26 bits per heavy atom. The van der Waals surface area contributed by atoms with Crippen molar-refractivity contribution in [2.45, 2.75) is 19.4 Å². The molecular weight excluding hydrogens is 300 g/mol. The lowest BCUT2D eigenvalue weighted by atomic mass is 10.2. The fraction of sp³-hybridized carbons (Fsp3) is 0.333. The summed E-state index contributed by atoms with van der Waals surface area (Å²) >= 11 is 0.